The molecule has 2 aliphatic carbocycles. The zero-order valence-corrected chi connectivity index (χ0v) is 8.91. The van der Waals surface area contributed by atoms with Crippen molar-refractivity contribution in [3.8, 4) is 5.75 Å². The van der Waals surface area contributed by atoms with E-state index in [1.54, 1.807) is 0 Å². The minimum atomic E-state index is -0.0435. The number of nitrogens with two attached hydrogens (primary N) is 1. The first kappa shape index (κ1) is 9.22. The van der Waals surface area contributed by atoms with Crippen molar-refractivity contribution in [2.24, 2.45) is 5.73 Å². The summed E-state index contributed by atoms with van der Waals surface area (Å²) >= 11 is 0. The number of ether oxygens (including phenoxy) is 1. The van der Waals surface area contributed by atoms with Gasteiger partial charge in [-0.3, -0.25) is 0 Å². The maximum absolute atomic E-state index is 6.25. The molecule has 3 rings (SSSR count). The van der Waals surface area contributed by atoms with Crippen molar-refractivity contribution in [3.63, 3.8) is 0 Å². The van der Waals surface area contributed by atoms with Gasteiger partial charge in [-0.2, -0.15) is 0 Å². The lowest BCUT2D eigenvalue weighted by Crippen LogP contribution is -2.43. The number of benzene rings is 1. The van der Waals surface area contributed by atoms with Crippen LogP contribution in [0.15, 0.2) is 24.3 Å². The van der Waals surface area contributed by atoms with Gasteiger partial charge in [-0.05, 0) is 49.8 Å². The first-order chi connectivity index (χ1) is 7.26. The fourth-order valence-corrected chi connectivity index (χ4v) is 2.09. The van der Waals surface area contributed by atoms with Crippen LogP contribution in [-0.4, -0.2) is 6.10 Å². The van der Waals surface area contributed by atoms with E-state index < -0.39 is 0 Å². The molecule has 0 aromatic heterocycles. The fourth-order valence-electron chi connectivity index (χ4n) is 2.09. The zero-order chi connectivity index (χ0) is 10.3. The van der Waals surface area contributed by atoms with Crippen molar-refractivity contribution in [2.75, 3.05) is 0 Å². The molecule has 0 unspecified atom stereocenters. The van der Waals surface area contributed by atoms with Crippen molar-refractivity contribution in [2.45, 2.75) is 43.7 Å². The molecule has 0 saturated heterocycles. The van der Waals surface area contributed by atoms with E-state index in [-0.39, 0.29) is 5.54 Å². The summed E-state index contributed by atoms with van der Waals surface area (Å²) in [5.74, 6) is 0.990. The Morgan fingerprint density at radius 1 is 1.13 bits per heavy atom. The molecule has 15 heavy (non-hydrogen) atoms. The summed E-state index contributed by atoms with van der Waals surface area (Å²) in [6.07, 6.45) is 6.40. The molecule has 0 spiro atoms. The third-order valence-corrected chi connectivity index (χ3v) is 3.50. The maximum Gasteiger partial charge on any atom is 0.119 e. The van der Waals surface area contributed by atoms with Gasteiger partial charge in [-0.15, -0.1) is 0 Å². The molecule has 2 saturated carbocycles. The van der Waals surface area contributed by atoms with Crippen LogP contribution in [0, 0.1) is 0 Å². The van der Waals surface area contributed by atoms with Crippen molar-refractivity contribution >= 4 is 0 Å². The molecule has 0 atom stereocenters. The zero-order valence-electron chi connectivity index (χ0n) is 8.91. The van der Waals surface area contributed by atoms with Gasteiger partial charge in [-0.25, -0.2) is 0 Å². The lowest BCUT2D eigenvalue weighted by molar-refractivity contribution is 0.253. The van der Waals surface area contributed by atoms with Crippen molar-refractivity contribution < 1.29 is 4.74 Å². The van der Waals surface area contributed by atoms with Gasteiger partial charge in [0.15, 0.2) is 0 Å². The van der Waals surface area contributed by atoms with Crippen LogP contribution in [0.4, 0.5) is 0 Å². The van der Waals surface area contributed by atoms with E-state index >= 15 is 0 Å². The van der Waals surface area contributed by atoms with Crippen LogP contribution in [-0.2, 0) is 5.54 Å². The summed E-state index contributed by atoms with van der Waals surface area (Å²) in [4.78, 5) is 0. The van der Waals surface area contributed by atoms with Gasteiger partial charge >= 0.3 is 0 Å². The van der Waals surface area contributed by atoms with Gasteiger partial charge in [0.1, 0.15) is 5.75 Å². The molecule has 0 aliphatic heterocycles. The fraction of sp³-hybridized carbons (Fsp3) is 0.538. The second-order valence-electron chi connectivity index (χ2n) is 4.85. The maximum atomic E-state index is 6.25. The number of hydrogen-bond donors (Lipinski definition) is 1. The molecular weight excluding hydrogens is 186 g/mol. The van der Waals surface area contributed by atoms with E-state index in [1.165, 1.54) is 24.8 Å². The highest BCUT2D eigenvalue weighted by molar-refractivity contribution is 5.33. The van der Waals surface area contributed by atoms with Crippen molar-refractivity contribution in [1.82, 2.24) is 0 Å². The second kappa shape index (κ2) is 3.24. The molecule has 0 amide bonds. The first-order valence-electron chi connectivity index (χ1n) is 5.82. The Balaban J connectivity index is 1.74. The molecule has 1 aromatic carbocycles. The molecule has 2 nitrogen and oxygen atoms in total. The molecule has 2 N–H and O–H groups in total. The third kappa shape index (κ3) is 1.74. The van der Waals surface area contributed by atoms with Crippen LogP contribution in [0.25, 0.3) is 0 Å². The van der Waals surface area contributed by atoms with E-state index in [1.807, 2.05) is 0 Å². The summed E-state index contributed by atoms with van der Waals surface area (Å²) in [6.45, 7) is 0. The summed E-state index contributed by atoms with van der Waals surface area (Å²) in [6, 6.07) is 8.36. The summed E-state index contributed by atoms with van der Waals surface area (Å²) in [5.41, 5.74) is 7.46. The first-order valence-corrected chi connectivity index (χ1v) is 5.82. The molecule has 0 bridgehead atoms. The highest BCUT2D eigenvalue weighted by Crippen LogP contribution is 2.39. The molecule has 2 aliphatic rings. The Morgan fingerprint density at radius 3 is 2.27 bits per heavy atom. The molecule has 0 heterocycles. The van der Waals surface area contributed by atoms with Gasteiger partial charge < -0.3 is 10.5 Å². The van der Waals surface area contributed by atoms with Crippen molar-refractivity contribution in [3.05, 3.63) is 29.8 Å². The SMILES string of the molecule is NC1(c2ccc(OC3CC3)cc2)CCC1. The molecule has 1 aromatic rings. The Labute approximate surface area is 90.4 Å². The molecule has 2 heteroatoms. The normalized spacial score (nSPS) is 23.3. The molecule has 80 valence electrons. The van der Waals surface area contributed by atoms with Crippen LogP contribution in [0.2, 0.25) is 0 Å². The van der Waals surface area contributed by atoms with Gasteiger partial charge in [0.05, 0.1) is 6.10 Å². The van der Waals surface area contributed by atoms with Gasteiger partial charge in [0, 0.05) is 5.54 Å². The van der Waals surface area contributed by atoms with Crippen LogP contribution in [0.3, 0.4) is 0 Å². The van der Waals surface area contributed by atoms with Gasteiger partial charge in [0.25, 0.3) is 0 Å². The lowest BCUT2D eigenvalue weighted by Gasteiger charge is -2.38. The van der Waals surface area contributed by atoms with E-state index in [9.17, 15) is 0 Å². The average molecular weight is 203 g/mol. The minimum absolute atomic E-state index is 0.0435. The van der Waals surface area contributed by atoms with Gasteiger partial charge in [0.2, 0.25) is 0 Å². The minimum Gasteiger partial charge on any atom is -0.490 e. The molecule has 0 radical (unpaired) electrons. The average Bonchev–Trinajstić information content (AvgIpc) is 2.99. The van der Waals surface area contributed by atoms with Crippen LogP contribution in [0.1, 0.15) is 37.7 Å². The Morgan fingerprint density at radius 2 is 1.80 bits per heavy atom. The van der Waals surface area contributed by atoms with E-state index in [2.05, 4.69) is 24.3 Å². The summed E-state index contributed by atoms with van der Waals surface area (Å²) in [5, 5.41) is 0. The molecule has 2 fully saturated rings. The van der Waals surface area contributed by atoms with Crippen LogP contribution in [0.5, 0.6) is 5.75 Å². The van der Waals surface area contributed by atoms with E-state index in [0.29, 0.717) is 6.10 Å². The highest BCUT2D eigenvalue weighted by atomic mass is 16.5. The topological polar surface area (TPSA) is 35.2 Å². The Hall–Kier alpha value is -1.02. The Bertz CT molecular complexity index is 349. The van der Waals surface area contributed by atoms with E-state index in [0.717, 1.165) is 18.6 Å². The van der Waals surface area contributed by atoms with Crippen molar-refractivity contribution in [1.29, 1.82) is 0 Å². The summed E-state index contributed by atoms with van der Waals surface area (Å²) in [7, 11) is 0. The smallest absolute Gasteiger partial charge is 0.119 e. The Kier molecular flexibility index (Phi) is 1.99. The lowest BCUT2D eigenvalue weighted by atomic mass is 9.73. The number of hydrogen-bond acceptors (Lipinski definition) is 2. The predicted octanol–water partition coefficient (Wildman–Crippen LogP) is 2.57. The quantitative estimate of drug-likeness (QED) is 0.819. The summed E-state index contributed by atoms with van der Waals surface area (Å²) < 4.78 is 5.70. The van der Waals surface area contributed by atoms with Crippen LogP contribution < -0.4 is 10.5 Å². The monoisotopic (exact) mass is 203 g/mol. The van der Waals surface area contributed by atoms with E-state index in [4.69, 9.17) is 10.5 Å². The highest BCUT2D eigenvalue weighted by Gasteiger charge is 2.34. The number of rotatable bonds is 3. The largest absolute Gasteiger partial charge is 0.490 e. The standard InChI is InChI=1S/C13H17NO/c14-13(8-1-9-13)10-2-4-11(5-3-10)15-12-6-7-12/h2-5,12H,1,6-9,14H2. The second-order valence-corrected chi connectivity index (χ2v) is 4.85. The third-order valence-electron chi connectivity index (χ3n) is 3.50. The predicted molar refractivity (Wildman–Crippen MR) is 59.8 cm³/mol. The molecular formula is C13H17NO. The van der Waals surface area contributed by atoms with Crippen LogP contribution >= 0.6 is 0 Å². The van der Waals surface area contributed by atoms with Gasteiger partial charge in [-0.1, -0.05) is 12.1 Å².